The zero-order valence-electron chi connectivity index (χ0n) is 11.9. The first-order valence-electron chi connectivity index (χ1n) is 7.65. The SMILES string of the molecule is OC(COc1ccc2c(c1)CCC2)C[NH+]1CCOCC1. The molecule has 3 rings (SSSR count). The first-order valence-corrected chi connectivity index (χ1v) is 7.65. The predicted molar refractivity (Wildman–Crippen MR) is 76.4 cm³/mol. The summed E-state index contributed by atoms with van der Waals surface area (Å²) in [6.07, 6.45) is 3.20. The van der Waals surface area contributed by atoms with Crippen LogP contribution >= 0.6 is 0 Å². The molecule has 1 atom stereocenters. The number of aryl methyl sites for hydroxylation is 2. The van der Waals surface area contributed by atoms with Gasteiger partial charge in [-0.05, 0) is 42.5 Å². The summed E-state index contributed by atoms with van der Waals surface area (Å²) >= 11 is 0. The van der Waals surface area contributed by atoms with Crippen molar-refractivity contribution in [1.29, 1.82) is 0 Å². The van der Waals surface area contributed by atoms with Crippen molar-refractivity contribution in [2.75, 3.05) is 39.5 Å². The van der Waals surface area contributed by atoms with Gasteiger partial charge in [-0.1, -0.05) is 6.07 Å². The number of hydrogen-bond donors (Lipinski definition) is 2. The van der Waals surface area contributed by atoms with Gasteiger partial charge in [0.2, 0.25) is 0 Å². The Labute approximate surface area is 120 Å². The highest BCUT2D eigenvalue weighted by Gasteiger charge is 2.19. The van der Waals surface area contributed by atoms with E-state index in [1.54, 1.807) is 0 Å². The Morgan fingerprint density at radius 2 is 2.00 bits per heavy atom. The Kier molecular flexibility index (Phi) is 4.55. The third-order valence-electron chi connectivity index (χ3n) is 4.24. The lowest BCUT2D eigenvalue weighted by molar-refractivity contribution is -0.911. The van der Waals surface area contributed by atoms with E-state index in [1.165, 1.54) is 28.9 Å². The Morgan fingerprint density at radius 3 is 2.85 bits per heavy atom. The average Bonchev–Trinajstić information content (AvgIpc) is 2.93. The Morgan fingerprint density at radius 1 is 1.20 bits per heavy atom. The minimum absolute atomic E-state index is 0.378. The van der Waals surface area contributed by atoms with Crippen LogP contribution in [0.5, 0.6) is 5.75 Å². The molecule has 2 aliphatic rings. The number of nitrogens with one attached hydrogen (secondary N) is 1. The second kappa shape index (κ2) is 6.57. The van der Waals surface area contributed by atoms with Gasteiger partial charge < -0.3 is 19.5 Å². The molecule has 0 spiro atoms. The quantitative estimate of drug-likeness (QED) is 0.786. The normalized spacial score (nSPS) is 20.6. The van der Waals surface area contributed by atoms with Gasteiger partial charge in [-0.3, -0.25) is 0 Å². The van der Waals surface area contributed by atoms with Crippen LogP contribution in [0.3, 0.4) is 0 Å². The maximum Gasteiger partial charge on any atom is 0.137 e. The van der Waals surface area contributed by atoms with Gasteiger partial charge in [0.05, 0.1) is 13.2 Å². The zero-order chi connectivity index (χ0) is 13.8. The smallest absolute Gasteiger partial charge is 0.137 e. The largest absolute Gasteiger partial charge is 0.491 e. The molecule has 1 fully saturated rings. The number of aliphatic hydroxyl groups is 1. The maximum atomic E-state index is 10.1. The van der Waals surface area contributed by atoms with Crippen molar-refractivity contribution in [3.63, 3.8) is 0 Å². The van der Waals surface area contributed by atoms with Crippen LogP contribution in [-0.4, -0.2) is 50.7 Å². The van der Waals surface area contributed by atoms with Crippen molar-refractivity contribution in [3.8, 4) is 5.75 Å². The van der Waals surface area contributed by atoms with Crippen LogP contribution in [-0.2, 0) is 17.6 Å². The Bertz CT molecular complexity index is 443. The van der Waals surface area contributed by atoms with Crippen molar-refractivity contribution in [2.24, 2.45) is 0 Å². The van der Waals surface area contributed by atoms with E-state index in [-0.39, 0.29) is 0 Å². The highest BCUT2D eigenvalue weighted by molar-refractivity contribution is 5.38. The Balaban J connectivity index is 1.46. The molecule has 1 aromatic rings. The average molecular weight is 278 g/mol. The lowest BCUT2D eigenvalue weighted by Gasteiger charge is -2.25. The number of aliphatic hydroxyl groups excluding tert-OH is 1. The summed E-state index contributed by atoms with van der Waals surface area (Å²) in [5.41, 5.74) is 2.87. The number of morpholine rings is 1. The molecule has 0 saturated carbocycles. The van der Waals surface area contributed by atoms with Gasteiger partial charge in [0, 0.05) is 0 Å². The van der Waals surface area contributed by atoms with Gasteiger partial charge in [-0.25, -0.2) is 0 Å². The summed E-state index contributed by atoms with van der Waals surface area (Å²) < 4.78 is 11.1. The molecule has 4 nitrogen and oxygen atoms in total. The molecule has 0 aromatic heterocycles. The van der Waals surface area contributed by atoms with E-state index in [0.717, 1.165) is 45.0 Å². The van der Waals surface area contributed by atoms with Gasteiger partial charge in [0.25, 0.3) is 0 Å². The van der Waals surface area contributed by atoms with Crippen molar-refractivity contribution >= 4 is 0 Å². The number of ether oxygens (including phenoxy) is 2. The van der Waals surface area contributed by atoms with E-state index in [4.69, 9.17) is 9.47 Å². The maximum absolute atomic E-state index is 10.1. The standard InChI is InChI=1S/C16H23NO3/c18-15(11-17-6-8-19-9-7-17)12-20-16-5-4-13-2-1-3-14(13)10-16/h4-5,10,15,18H,1-3,6-9,11-12H2/p+1. The van der Waals surface area contributed by atoms with Crippen molar-refractivity contribution in [3.05, 3.63) is 29.3 Å². The van der Waals surface area contributed by atoms with Crippen LogP contribution < -0.4 is 9.64 Å². The van der Waals surface area contributed by atoms with Crippen LogP contribution in [0.2, 0.25) is 0 Å². The van der Waals surface area contributed by atoms with E-state index >= 15 is 0 Å². The summed E-state index contributed by atoms with van der Waals surface area (Å²) in [6.45, 7) is 4.69. The molecule has 0 amide bonds. The molecule has 1 saturated heterocycles. The molecule has 1 heterocycles. The summed E-state index contributed by atoms with van der Waals surface area (Å²) in [7, 11) is 0. The molecule has 20 heavy (non-hydrogen) atoms. The summed E-state index contributed by atoms with van der Waals surface area (Å²) in [5.74, 6) is 0.890. The summed E-state index contributed by atoms with van der Waals surface area (Å²) in [6, 6.07) is 6.33. The van der Waals surface area contributed by atoms with Gasteiger partial charge in [0.1, 0.15) is 38.1 Å². The third kappa shape index (κ3) is 3.51. The van der Waals surface area contributed by atoms with Gasteiger partial charge in [-0.2, -0.15) is 0 Å². The molecule has 4 heteroatoms. The lowest BCUT2D eigenvalue weighted by Crippen LogP contribution is -3.15. The van der Waals surface area contributed by atoms with Crippen LogP contribution in [0, 0.1) is 0 Å². The lowest BCUT2D eigenvalue weighted by atomic mass is 10.1. The molecule has 2 N–H and O–H groups in total. The van der Waals surface area contributed by atoms with E-state index < -0.39 is 6.10 Å². The van der Waals surface area contributed by atoms with Gasteiger partial charge >= 0.3 is 0 Å². The van der Waals surface area contributed by atoms with Crippen LogP contribution in [0.1, 0.15) is 17.5 Å². The van der Waals surface area contributed by atoms with Crippen LogP contribution in [0.4, 0.5) is 0 Å². The van der Waals surface area contributed by atoms with Gasteiger partial charge in [-0.15, -0.1) is 0 Å². The highest BCUT2D eigenvalue weighted by atomic mass is 16.5. The topological polar surface area (TPSA) is 43.1 Å². The number of rotatable bonds is 5. The van der Waals surface area contributed by atoms with E-state index in [2.05, 4.69) is 12.1 Å². The molecule has 1 unspecified atom stereocenters. The highest BCUT2D eigenvalue weighted by Crippen LogP contribution is 2.25. The number of fused-ring (bicyclic) bond motifs is 1. The fourth-order valence-corrected chi connectivity index (χ4v) is 3.09. The molecular weight excluding hydrogens is 254 g/mol. The monoisotopic (exact) mass is 278 g/mol. The molecule has 1 aliphatic heterocycles. The van der Waals surface area contributed by atoms with Crippen molar-refractivity contribution < 1.29 is 19.5 Å². The molecular formula is C16H24NO3+. The van der Waals surface area contributed by atoms with E-state index in [0.29, 0.717) is 6.61 Å². The van der Waals surface area contributed by atoms with E-state index in [9.17, 15) is 5.11 Å². The molecule has 0 radical (unpaired) electrons. The van der Waals surface area contributed by atoms with Crippen LogP contribution in [0.25, 0.3) is 0 Å². The second-order valence-electron chi connectivity index (χ2n) is 5.82. The minimum Gasteiger partial charge on any atom is -0.491 e. The molecule has 110 valence electrons. The fourth-order valence-electron chi connectivity index (χ4n) is 3.09. The molecule has 1 aromatic carbocycles. The minimum atomic E-state index is -0.406. The number of hydrogen-bond acceptors (Lipinski definition) is 3. The summed E-state index contributed by atoms with van der Waals surface area (Å²) in [5, 5.41) is 10.1. The Hall–Kier alpha value is -1.10. The first kappa shape index (κ1) is 13.9. The molecule has 0 bridgehead atoms. The van der Waals surface area contributed by atoms with E-state index in [1.807, 2.05) is 6.07 Å². The van der Waals surface area contributed by atoms with Crippen LogP contribution in [0.15, 0.2) is 18.2 Å². The number of benzene rings is 1. The van der Waals surface area contributed by atoms with Gasteiger partial charge in [0.15, 0.2) is 0 Å². The first-order chi connectivity index (χ1) is 9.81. The van der Waals surface area contributed by atoms with Crippen molar-refractivity contribution in [1.82, 2.24) is 0 Å². The predicted octanol–water partition coefficient (Wildman–Crippen LogP) is -0.170. The third-order valence-corrected chi connectivity index (χ3v) is 4.24. The molecule has 1 aliphatic carbocycles. The zero-order valence-corrected chi connectivity index (χ0v) is 11.9. The fraction of sp³-hybridized carbons (Fsp3) is 0.625. The number of quaternary nitrogens is 1. The summed E-state index contributed by atoms with van der Waals surface area (Å²) in [4.78, 5) is 1.40. The second-order valence-corrected chi connectivity index (χ2v) is 5.82. The van der Waals surface area contributed by atoms with Crippen molar-refractivity contribution in [2.45, 2.75) is 25.4 Å².